The lowest BCUT2D eigenvalue weighted by molar-refractivity contribution is -0.323. The number of nitrogens with one attached hydrogen (secondary N) is 3. The van der Waals surface area contributed by atoms with Gasteiger partial charge in [-0.25, -0.2) is 9.37 Å². The molecule has 0 unspecified atom stereocenters. The molecule has 0 bridgehead atoms. The van der Waals surface area contributed by atoms with Gasteiger partial charge in [0, 0.05) is 12.6 Å². The molecule has 1 saturated carbocycles. The van der Waals surface area contributed by atoms with Crippen molar-refractivity contribution in [3.05, 3.63) is 46.8 Å². The lowest BCUT2D eigenvalue weighted by atomic mass is 9.69. The van der Waals surface area contributed by atoms with E-state index >= 15 is 0 Å². The highest BCUT2D eigenvalue weighted by Crippen LogP contribution is 2.45. The monoisotopic (exact) mass is 558 g/mol. The second-order valence-corrected chi connectivity index (χ2v) is 9.31. The van der Waals surface area contributed by atoms with Crippen molar-refractivity contribution in [2.75, 3.05) is 18.2 Å². The van der Waals surface area contributed by atoms with Crippen LogP contribution in [-0.2, 0) is 9.53 Å². The minimum absolute atomic E-state index is 0.0552. The summed E-state index contributed by atoms with van der Waals surface area (Å²) in [7, 11) is 0. The number of imidazole rings is 1. The Kier molecular flexibility index (Phi) is 7.74. The van der Waals surface area contributed by atoms with Gasteiger partial charge in [0.1, 0.15) is 11.5 Å². The Bertz CT molecular complexity index is 1270. The van der Waals surface area contributed by atoms with Crippen molar-refractivity contribution in [2.24, 2.45) is 10.5 Å². The molecule has 2 aromatic rings. The van der Waals surface area contributed by atoms with E-state index in [1.54, 1.807) is 6.92 Å². The van der Waals surface area contributed by atoms with Crippen LogP contribution < -0.4 is 15.6 Å². The molecule has 1 aromatic heterocycles. The fourth-order valence-electron chi connectivity index (χ4n) is 4.61. The lowest BCUT2D eigenvalue weighted by Crippen LogP contribution is -2.47. The molecule has 0 atom stereocenters. The summed E-state index contributed by atoms with van der Waals surface area (Å²) < 4.78 is 53.2. The Morgan fingerprint density at radius 1 is 1.26 bits per heavy atom. The molecule has 4 rings (SSSR count). The van der Waals surface area contributed by atoms with Crippen LogP contribution in [0.15, 0.2) is 29.6 Å². The van der Waals surface area contributed by atoms with Gasteiger partial charge in [0.25, 0.3) is 17.7 Å². The number of amides is 3. The van der Waals surface area contributed by atoms with Crippen molar-refractivity contribution in [1.29, 1.82) is 0 Å². The quantitative estimate of drug-likeness (QED) is 0.354. The number of hydrogen-bond donors (Lipinski definition) is 3. The van der Waals surface area contributed by atoms with Crippen LogP contribution in [0.2, 0.25) is 5.02 Å². The zero-order valence-corrected chi connectivity index (χ0v) is 20.7. The first kappa shape index (κ1) is 27.5. The fourth-order valence-corrected chi connectivity index (χ4v) is 4.86. The zero-order chi connectivity index (χ0) is 27.7. The summed E-state index contributed by atoms with van der Waals surface area (Å²) in [4.78, 5) is 44.9. The summed E-state index contributed by atoms with van der Waals surface area (Å²) in [6.45, 7) is 0.516. The van der Waals surface area contributed by atoms with Gasteiger partial charge in [0.2, 0.25) is 0 Å². The molecule has 1 aliphatic carbocycles. The van der Waals surface area contributed by atoms with Crippen molar-refractivity contribution < 1.29 is 36.7 Å². The Balaban J connectivity index is 1.34. The largest absolute Gasteiger partial charge is 0.522 e. The smallest absolute Gasteiger partial charge is 0.348 e. The van der Waals surface area contributed by atoms with Gasteiger partial charge >= 0.3 is 6.36 Å². The summed E-state index contributed by atoms with van der Waals surface area (Å²) in [5.41, 5.74) is -0.434. The number of hydrogen-bond acceptors (Lipinski definition) is 6. The molecule has 1 aliphatic heterocycles. The fraction of sp³-hybridized carbons (Fsp3) is 0.435. The first-order valence-electron chi connectivity index (χ1n) is 11.6. The van der Waals surface area contributed by atoms with E-state index in [9.17, 15) is 31.9 Å². The maximum atomic E-state index is 13.5. The van der Waals surface area contributed by atoms with Crippen molar-refractivity contribution in [3.63, 3.8) is 0 Å². The normalized spacial score (nSPS) is 21.5. The Hall–Kier alpha value is -3.52. The number of carbonyl (C=O) groups excluding carboxylic acids is 3. The van der Waals surface area contributed by atoms with Crippen LogP contribution in [0.4, 0.5) is 23.2 Å². The molecule has 1 fully saturated rings. The second-order valence-electron chi connectivity index (χ2n) is 8.90. The van der Waals surface area contributed by atoms with E-state index in [-0.39, 0.29) is 34.0 Å². The Labute approximate surface area is 218 Å². The number of carbonyl (C=O) groups is 3. The van der Waals surface area contributed by atoms with E-state index in [0.29, 0.717) is 31.4 Å². The number of rotatable bonds is 7. The van der Waals surface area contributed by atoms with Gasteiger partial charge in [-0.05, 0) is 50.8 Å². The number of alkyl halides is 3. The molecule has 0 radical (unpaired) electrons. The molecule has 10 nitrogen and oxygen atoms in total. The molecule has 15 heteroatoms. The number of nitrogens with zero attached hydrogens (tertiary/aromatic N) is 3. The predicted molar refractivity (Wildman–Crippen MR) is 127 cm³/mol. The third-order valence-corrected chi connectivity index (χ3v) is 6.89. The minimum atomic E-state index is -4.82. The zero-order valence-electron chi connectivity index (χ0n) is 20.0. The molecule has 3 amide bonds. The Morgan fingerprint density at radius 2 is 1.97 bits per heavy atom. The predicted octanol–water partition coefficient (Wildman–Crippen LogP) is 3.55. The van der Waals surface area contributed by atoms with Crippen molar-refractivity contribution >= 4 is 40.7 Å². The lowest BCUT2D eigenvalue weighted by Gasteiger charge is -2.36. The first-order valence-corrected chi connectivity index (χ1v) is 12.0. The van der Waals surface area contributed by atoms with Crippen molar-refractivity contribution in [2.45, 2.75) is 45.0 Å². The Morgan fingerprint density at radius 3 is 2.63 bits per heavy atom. The molecule has 38 heavy (non-hydrogen) atoms. The van der Waals surface area contributed by atoms with Gasteiger partial charge in [0.05, 0.1) is 34.8 Å². The third-order valence-electron chi connectivity index (χ3n) is 6.59. The minimum Gasteiger partial charge on any atom is -0.348 e. The van der Waals surface area contributed by atoms with Crippen molar-refractivity contribution in [1.82, 2.24) is 20.6 Å². The van der Waals surface area contributed by atoms with Crippen LogP contribution in [0.5, 0.6) is 0 Å². The van der Waals surface area contributed by atoms with Gasteiger partial charge in [-0.15, -0.1) is 13.2 Å². The molecular weight excluding hydrogens is 536 g/mol. The van der Waals surface area contributed by atoms with Crippen LogP contribution in [0.3, 0.4) is 0 Å². The number of halogens is 5. The number of aromatic amines is 1. The maximum Gasteiger partial charge on any atom is 0.522 e. The third kappa shape index (κ3) is 5.65. The maximum absolute atomic E-state index is 13.5. The van der Waals surface area contributed by atoms with Gasteiger partial charge < -0.3 is 15.6 Å². The molecule has 2 aliphatic rings. The SMILES string of the molecule is CC1=NN(c2ccc(F)cc2Cl)C(=O)C12CCC(NC(=O)c1nc[nH]c1C(=O)NCCOC(F)(F)F)CC2. The van der Waals surface area contributed by atoms with Gasteiger partial charge in [-0.2, -0.15) is 10.1 Å². The highest BCUT2D eigenvalue weighted by molar-refractivity contribution is 6.34. The van der Waals surface area contributed by atoms with Gasteiger partial charge in [0.15, 0.2) is 5.69 Å². The molecule has 1 aromatic carbocycles. The van der Waals surface area contributed by atoms with Gasteiger partial charge in [-0.1, -0.05) is 11.6 Å². The average Bonchev–Trinajstić information content (AvgIpc) is 3.43. The number of hydrazone groups is 1. The summed E-state index contributed by atoms with van der Waals surface area (Å²) in [5.74, 6) is -2.28. The number of ether oxygens (including phenoxy) is 1. The number of H-pyrrole nitrogens is 1. The second kappa shape index (κ2) is 10.7. The number of aromatic nitrogens is 2. The van der Waals surface area contributed by atoms with Crippen LogP contribution >= 0.6 is 11.6 Å². The summed E-state index contributed by atoms with van der Waals surface area (Å²) in [5, 5.41) is 10.6. The van der Waals surface area contributed by atoms with Crippen LogP contribution in [-0.4, -0.2) is 59.0 Å². The van der Waals surface area contributed by atoms with E-state index in [1.165, 1.54) is 17.1 Å². The topological polar surface area (TPSA) is 129 Å². The van der Waals surface area contributed by atoms with E-state index in [0.717, 1.165) is 12.4 Å². The van der Waals surface area contributed by atoms with Crippen molar-refractivity contribution in [3.8, 4) is 0 Å². The summed E-state index contributed by atoms with van der Waals surface area (Å²) in [6.07, 6.45) is -2.07. The first-order chi connectivity index (χ1) is 17.9. The molecule has 0 saturated heterocycles. The molecule has 2 heterocycles. The van der Waals surface area contributed by atoms with Crippen LogP contribution in [0.25, 0.3) is 0 Å². The van der Waals surface area contributed by atoms with E-state index in [1.807, 2.05) is 0 Å². The van der Waals surface area contributed by atoms with Gasteiger partial charge in [-0.3, -0.25) is 19.1 Å². The average molecular weight is 559 g/mol. The van der Waals surface area contributed by atoms with E-state index < -0.39 is 42.6 Å². The van der Waals surface area contributed by atoms with Crippen LogP contribution in [0.1, 0.15) is 53.6 Å². The number of anilines is 1. The molecule has 1 spiro atoms. The molecule has 204 valence electrons. The molecular formula is C23H23ClF4N6O4. The highest BCUT2D eigenvalue weighted by Gasteiger charge is 2.51. The summed E-state index contributed by atoms with van der Waals surface area (Å²) in [6, 6.07) is 3.35. The van der Waals surface area contributed by atoms with E-state index in [2.05, 4.69) is 30.4 Å². The highest BCUT2D eigenvalue weighted by atomic mass is 35.5. The molecule has 3 N–H and O–H groups in total. The summed E-state index contributed by atoms with van der Waals surface area (Å²) >= 11 is 6.13. The van der Waals surface area contributed by atoms with Crippen LogP contribution in [0, 0.1) is 11.2 Å². The van der Waals surface area contributed by atoms with E-state index in [4.69, 9.17) is 11.6 Å². The number of benzene rings is 1. The standard InChI is InChI=1S/C23H23ClF4N6O4/c1-12-22(21(37)34(33-12)16-3-2-13(25)10-15(16)24)6-4-14(5-7-22)32-20(36)18-17(30-11-31-18)19(35)29-8-9-38-23(26,27)28/h2-3,10-11,14H,4-9H2,1H3,(H,29,35)(H,30,31)(H,32,36).